The van der Waals surface area contributed by atoms with Gasteiger partial charge in [0.1, 0.15) is 42.7 Å². The van der Waals surface area contributed by atoms with Crippen LogP contribution in [0, 0.1) is 23.1 Å². The van der Waals surface area contributed by atoms with Crippen molar-refractivity contribution in [3.05, 3.63) is 120 Å². The molecule has 16 heteroatoms. The summed E-state index contributed by atoms with van der Waals surface area (Å²) < 4.78 is 56.0. The normalized spacial score (nSPS) is 21.8. The molecule has 6 aromatic rings. The van der Waals surface area contributed by atoms with Gasteiger partial charge < -0.3 is 48.7 Å². The maximum Gasteiger partial charge on any atom is 0.163 e. The first-order valence-electron chi connectivity index (χ1n) is 23.7. The maximum absolute atomic E-state index is 13.7. The lowest BCUT2D eigenvalue weighted by Crippen LogP contribution is -2.47. The molecule has 0 saturated heterocycles. The average molecular weight is 933 g/mol. The number of methoxy groups -OCH3 is 1. The van der Waals surface area contributed by atoms with Gasteiger partial charge >= 0.3 is 0 Å². The number of aromatic hydroxyl groups is 1. The van der Waals surface area contributed by atoms with Crippen molar-refractivity contribution in [3.63, 3.8) is 0 Å². The fourth-order valence-corrected chi connectivity index (χ4v) is 10.8. The molecule has 15 nitrogen and oxygen atoms in total. The number of halogens is 1. The first-order chi connectivity index (χ1) is 33.3. The van der Waals surface area contributed by atoms with E-state index in [-0.39, 0.29) is 23.3 Å². The number of nitrogens with zero attached hydrogens (tertiary/aromatic N) is 5. The van der Waals surface area contributed by atoms with E-state index in [2.05, 4.69) is 62.9 Å². The lowest BCUT2D eigenvalue weighted by Gasteiger charge is -2.54. The van der Waals surface area contributed by atoms with Gasteiger partial charge in [0.15, 0.2) is 11.5 Å². The summed E-state index contributed by atoms with van der Waals surface area (Å²) in [4.78, 5) is 8.70. The third-order valence-electron chi connectivity index (χ3n) is 14.1. The zero-order valence-corrected chi connectivity index (χ0v) is 38.7. The Bertz CT molecular complexity index is 2600. The second-order valence-electron chi connectivity index (χ2n) is 18.1. The number of benzene rings is 4. The molecule has 0 amide bonds. The van der Waals surface area contributed by atoms with Crippen molar-refractivity contribution in [2.75, 3.05) is 71.9 Å². The van der Waals surface area contributed by atoms with E-state index < -0.39 is 0 Å². The van der Waals surface area contributed by atoms with Crippen LogP contribution >= 0.6 is 0 Å². The van der Waals surface area contributed by atoms with E-state index in [1.54, 1.807) is 42.3 Å². The number of anilines is 2. The van der Waals surface area contributed by atoms with Gasteiger partial charge in [-0.25, -0.2) is 19.0 Å². The predicted molar refractivity (Wildman–Crippen MR) is 252 cm³/mol. The van der Waals surface area contributed by atoms with E-state index in [0.29, 0.717) is 130 Å². The molecule has 2 fully saturated rings. The third kappa shape index (κ3) is 10.8. The van der Waals surface area contributed by atoms with Crippen LogP contribution in [0.3, 0.4) is 0 Å². The first kappa shape index (κ1) is 47.2. The number of fused-ring (bicyclic) bond motifs is 6. The number of aryl methyl sites for hydroxylation is 1. The molecule has 3 aliphatic carbocycles. The summed E-state index contributed by atoms with van der Waals surface area (Å²) in [7, 11) is 1.56. The van der Waals surface area contributed by atoms with Crippen molar-refractivity contribution in [3.8, 4) is 23.0 Å². The van der Waals surface area contributed by atoms with E-state index >= 15 is 0 Å². The zero-order valence-electron chi connectivity index (χ0n) is 38.7. The molecule has 3 aliphatic rings. The maximum atomic E-state index is 13.7. The van der Waals surface area contributed by atoms with Gasteiger partial charge in [-0.3, -0.25) is 0 Å². The minimum Gasteiger partial charge on any atom is -0.508 e. The minimum absolute atomic E-state index is 0.0935. The molecule has 2 aromatic heterocycles. The summed E-state index contributed by atoms with van der Waals surface area (Å²) >= 11 is 0. The van der Waals surface area contributed by atoms with Gasteiger partial charge in [-0.15, -0.1) is 5.10 Å². The topological polar surface area (TPSA) is 174 Å². The van der Waals surface area contributed by atoms with E-state index in [9.17, 15) is 14.6 Å². The van der Waals surface area contributed by atoms with Crippen molar-refractivity contribution in [2.45, 2.75) is 70.1 Å². The van der Waals surface area contributed by atoms with Gasteiger partial charge in [0, 0.05) is 17.1 Å². The fourth-order valence-electron chi connectivity index (χ4n) is 10.8. The van der Waals surface area contributed by atoms with Crippen molar-refractivity contribution in [2.24, 2.45) is 17.3 Å². The van der Waals surface area contributed by atoms with Gasteiger partial charge in [0.2, 0.25) is 0 Å². The molecule has 360 valence electrons. The molecule has 9 rings (SSSR count). The highest BCUT2D eigenvalue weighted by Crippen LogP contribution is 2.65. The van der Waals surface area contributed by atoms with Crippen LogP contribution in [0.25, 0.3) is 10.9 Å². The monoisotopic (exact) mass is 932 g/mol. The summed E-state index contributed by atoms with van der Waals surface area (Å²) in [6.07, 6.45) is 7.85. The van der Waals surface area contributed by atoms with Crippen LogP contribution in [0.15, 0.2) is 91.4 Å². The lowest BCUT2D eigenvalue weighted by atomic mass is 9.51. The highest BCUT2D eigenvalue weighted by atomic mass is 19.1. The van der Waals surface area contributed by atoms with Crippen LogP contribution in [0.5, 0.6) is 23.0 Å². The highest BCUT2D eigenvalue weighted by Gasteiger charge is 2.57. The number of rotatable bonds is 23. The van der Waals surface area contributed by atoms with E-state index in [1.807, 2.05) is 12.1 Å². The van der Waals surface area contributed by atoms with E-state index in [4.69, 9.17) is 33.2 Å². The SMILES string of the molecule is COc1cc2c(Nc3cccc(F)c3)ncnc2cc1OCCOCCOCCOCCOCc1cnnn1CCOc1ccc([C@@H]2C[C@@]3(C)C(CC[C@@H]3O)C3CCc4cc(O)ccc4C32)cc1. The van der Waals surface area contributed by atoms with Crippen molar-refractivity contribution < 1.29 is 47.8 Å². The van der Waals surface area contributed by atoms with Crippen LogP contribution in [0.4, 0.5) is 15.9 Å². The van der Waals surface area contributed by atoms with Crippen LogP contribution in [0.1, 0.15) is 66.8 Å². The summed E-state index contributed by atoms with van der Waals surface area (Å²) in [5.74, 6) is 3.99. The molecule has 0 bridgehead atoms. The summed E-state index contributed by atoms with van der Waals surface area (Å²) in [5, 5.41) is 33.7. The number of hydrogen-bond acceptors (Lipinski definition) is 14. The Hall–Kier alpha value is -5.91. The van der Waals surface area contributed by atoms with Crippen LogP contribution in [-0.2, 0) is 38.5 Å². The number of aliphatic hydroxyl groups excluding tert-OH is 1. The average Bonchev–Trinajstić information content (AvgIpc) is 3.92. The molecule has 3 unspecified atom stereocenters. The van der Waals surface area contributed by atoms with Crippen molar-refractivity contribution >= 4 is 22.4 Å². The number of nitrogens with one attached hydrogen (secondary N) is 1. The molecule has 0 spiro atoms. The van der Waals surface area contributed by atoms with E-state index in [0.717, 1.165) is 43.5 Å². The van der Waals surface area contributed by atoms with Crippen molar-refractivity contribution in [1.29, 1.82) is 0 Å². The second kappa shape index (κ2) is 22.0. The number of hydrogen-bond donors (Lipinski definition) is 3. The molecule has 2 heterocycles. The number of phenols is 1. The third-order valence-corrected chi connectivity index (χ3v) is 14.1. The van der Waals surface area contributed by atoms with Gasteiger partial charge in [0.05, 0.1) is 90.0 Å². The standard InChI is InChI=1S/C52H61FN6O9/c1-52-30-44(50-41-13-9-39(60)26-35(41)8-12-42(50)45(52)14-15-49(52)61)34-6-10-40(11-7-34)67-17-16-59-38(31-56-58-59)32-66-23-22-64-19-18-63-20-21-65-24-25-68-48-29-46-43(28-47(48)62-2)51(55-33-54-46)57-37-5-3-4-36(53)27-37/h3-7,9-11,13,26-29,31,33,42,44-45,49-50,60-61H,8,12,14-25,30,32H2,1-2H3,(H,54,55,57)/t42?,44-,45?,49-,50?,52-/m0/s1. The number of aromatic nitrogens is 5. The van der Waals surface area contributed by atoms with Crippen LogP contribution in [-0.4, -0.2) is 108 Å². The summed E-state index contributed by atoms with van der Waals surface area (Å²) in [5.41, 5.74) is 5.87. The van der Waals surface area contributed by atoms with Gasteiger partial charge in [-0.1, -0.05) is 36.4 Å². The number of phenolic OH excluding ortho intramolecular Hbond substituents is 1. The molecule has 4 aromatic carbocycles. The Balaban J connectivity index is 0.634. The quantitative estimate of drug-likeness (QED) is 0.0526. The van der Waals surface area contributed by atoms with Crippen molar-refractivity contribution in [1.82, 2.24) is 25.0 Å². The molecule has 2 saturated carbocycles. The number of aliphatic hydroxyl groups is 1. The minimum atomic E-state index is -0.348. The molecule has 0 radical (unpaired) electrons. The van der Waals surface area contributed by atoms with Gasteiger partial charge in [0.25, 0.3) is 0 Å². The summed E-state index contributed by atoms with van der Waals surface area (Å²) in [6.45, 7) is 6.76. The first-order valence-corrected chi connectivity index (χ1v) is 23.7. The molecular formula is C52H61FN6O9. The largest absolute Gasteiger partial charge is 0.508 e. The molecule has 3 N–H and O–H groups in total. The van der Waals surface area contributed by atoms with Crippen LogP contribution < -0.4 is 19.5 Å². The highest BCUT2D eigenvalue weighted by molar-refractivity contribution is 5.93. The predicted octanol–water partition coefficient (Wildman–Crippen LogP) is 8.15. The smallest absolute Gasteiger partial charge is 0.163 e. The van der Waals surface area contributed by atoms with Gasteiger partial charge in [-0.2, -0.15) is 0 Å². The molecule has 68 heavy (non-hydrogen) atoms. The summed E-state index contributed by atoms with van der Waals surface area (Å²) in [6, 6.07) is 24.2. The van der Waals surface area contributed by atoms with E-state index in [1.165, 1.54) is 35.2 Å². The Morgan fingerprint density at radius 3 is 2.37 bits per heavy atom. The number of ether oxygens (including phenoxy) is 7. The Morgan fingerprint density at radius 1 is 0.809 bits per heavy atom. The second-order valence-corrected chi connectivity index (χ2v) is 18.1. The Morgan fingerprint density at radius 2 is 1.59 bits per heavy atom. The Labute approximate surface area is 395 Å². The van der Waals surface area contributed by atoms with Gasteiger partial charge in [-0.05, 0) is 126 Å². The molecular weight excluding hydrogens is 872 g/mol. The fraction of sp³-hybridized carbons (Fsp3) is 0.462. The lowest BCUT2D eigenvalue weighted by molar-refractivity contribution is -0.0323. The van der Waals surface area contributed by atoms with Crippen LogP contribution in [0.2, 0.25) is 0 Å². The molecule has 0 aliphatic heterocycles. The zero-order chi connectivity index (χ0) is 46.9. The molecule has 6 atom stereocenters. The Kier molecular flexibility index (Phi) is 15.3.